The Morgan fingerprint density at radius 1 is 1.00 bits per heavy atom. The number of carbonyl (C=O) groups is 2. The molecule has 0 radical (unpaired) electrons. The Balaban J connectivity index is 1.80. The molecule has 0 bridgehead atoms. The molecule has 2 fully saturated rings. The number of rotatable bonds is 2. The number of esters is 2. The molecule has 5 heteroatoms. The third kappa shape index (κ3) is 1.96. The van der Waals surface area contributed by atoms with E-state index in [1.54, 1.807) is 0 Å². The van der Waals surface area contributed by atoms with Crippen molar-refractivity contribution >= 4 is 11.9 Å². The minimum atomic E-state index is -0.400. The summed E-state index contributed by atoms with van der Waals surface area (Å²) in [5.74, 6) is -0.698. The van der Waals surface area contributed by atoms with Gasteiger partial charge in [0.25, 0.3) is 0 Å². The van der Waals surface area contributed by atoms with Crippen LogP contribution in [0.2, 0.25) is 0 Å². The summed E-state index contributed by atoms with van der Waals surface area (Å²) >= 11 is 0. The molecule has 104 valence electrons. The highest BCUT2D eigenvalue weighted by Crippen LogP contribution is 2.63. The first-order valence-corrected chi connectivity index (χ1v) is 6.66. The zero-order valence-electron chi connectivity index (χ0n) is 11.2. The van der Waals surface area contributed by atoms with Crippen molar-refractivity contribution in [2.24, 2.45) is 0 Å². The van der Waals surface area contributed by atoms with E-state index in [9.17, 15) is 9.59 Å². The maximum absolute atomic E-state index is 11.2. The van der Waals surface area contributed by atoms with Crippen molar-refractivity contribution in [2.75, 3.05) is 0 Å². The lowest BCUT2D eigenvalue weighted by atomic mass is 9.71. The van der Waals surface area contributed by atoms with E-state index in [0.29, 0.717) is 12.8 Å². The molecule has 0 aromatic rings. The van der Waals surface area contributed by atoms with Crippen LogP contribution in [0.1, 0.15) is 39.5 Å². The fourth-order valence-corrected chi connectivity index (χ4v) is 3.55. The van der Waals surface area contributed by atoms with Gasteiger partial charge in [0.05, 0.1) is 0 Å². The molecule has 0 spiro atoms. The van der Waals surface area contributed by atoms with E-state index < -0.39 is 12.2 Å². The standard InChI is InChI=1S/C14H18O5/c1-9(15)17-11-7-13-5-3-4-6-14(13,19-13)8-12(11)18-10(2)16/h3-4,11-12H,5-8H2,1-2H3/t11-,12+,13+,14-. The number of epoxide rings is 1. The minimum Gasteiger partial charge on any atom is -0.458 e. The van der Waals surface area contributed by atoms with Gasteiger partial charge in [-0.2, -0.15) is 0 Å². The molecule has 5 nitrogen and oxygen atoms in total. The molecule has 3 rings (SSSR count). The fourth-order valence-electron chi connectivity index (χ4n) is 3.55. The van der Waals surface area contributed by atoms with Gasteiger partial charge in [-0.15, -0.1) is 0 Å². The van der Waals surface area contributed by atoms with Gasteiger partial charge in [-0.1, -0.05) is 12.2 Å². The molecular formula is C14H18O5. The first-order chi connectivity index (χ1) is 8.96. The van der Waals surface area contributed by atoms with Crippen LogP contribution < -0.4 is 0 Å². The summed E-state index contributed by atoms with van der Waals surface area (Å²) in [5, 5.41) is 0. The molecule has 19 heavy (non-hydrogen) atoms. The third-order valence-corrected chi connectivity index (χ3v) is 4.35. The van der Waals surface area contributed by atoms with E-state index >= 15 is 0 Å². The van der Waals surface area contributed by atoms with Crippen LogP contribution in [0.15, 0.2) is 12.2 Å². The molecule has 1 saturated carbocycles. The Kier molecular flexibility index (Phi) is 2.71. The topological polar surface area (TPSA) is 65.1 Å². The van der Waals surface area contributed by atoms with Gasteiger partial charge in [0.15, 0.2) is 0 Å². The number of ether oxygens (including phenoxy) is 3. The molecule has 0 amide bonds. The van der Waals surface area contributed by atoms with E-state index in [1.807, 2.05) is 0 Å². The van der Waals surface area contributed by atoms with Crippen molar-refractivity contribution in [3.8, 4) is 0 Å². The second-order valence-electron chi connectivity index (χ2n) is 5.67. The molecular weight excluding hydrogens is 248 g/mol. The first-order valence-electron chi connectivity index (χ1n) is 6.66. The summed E-state index contributed by atoms with van der Waals surface area (Å²) in [6.45, 7) is 2.75. The van der Waals surface area contributed by atoms with Gasteiger partial charge < -0.3 is 14.2 Å². The molecule has 0 N–H and O–H groups in total. The Morgan fingerprint density at radius 2 is 1.42 bits per heavy atom. The Bertz CT molecular complexity index is 417. The normalized spacial score (nSPS) is 42.8. The van der Waals surface area contributed by atoms with Crippen LogP contribution in [-0.2, 0) is 23.8 Å². The van der Waals surface area contributed by atoms with E-state index in [-0.39, 0.29) is 23.1 Å². The van der Waals surface area contributed by atoms with Gasteiger partial charge in [0.1, 0.15) is 23.4 Å². The third-order valence-electron chi connectivity index (χ3n) is 4.35. The maximum atomic E-state index is 11.2. The molecule has 0 unspecified atom stereocenters. The highest BCUT2D eigenvalue weighted by atomic mass is 16.6. The molecule has 2 aliphatic carbocycles. The van der Waals surface area contributed by atoms with Crippen LogP contribution in [0.4, 0.5) is 0 Å². The molecule has 3 aliphatic rings. The van der Waals surface area contributed by atoms with Crippen LogP contribution in [0, 0.1) is 0 Å². The van der Waals surface area contributed by atoms with Crippen molar-refractivity contribution in [1.82, 2.24) is 0 Å². The summed E-state index contributed by atoms with van der Waals surface area (Å²) in [5.41, 5.74) is -0.420. The van der Waals surface area contributed by atoms with E-state index in [0.717, 1.165) is 12.8 Å². The Hall–Kier alpha value is -1.36. The van der Waals surface area contributed by atoms with Gasteiger partial charge in [-0.25, -0.2) is 0 Å². The van der Waals surface area contributed by atoms with E-state index in [2.05, 4.69) is 12.2 Å². The Labute approximate surface area is 111 Å². The van der Waals surface area contributed by atoms with Crippen LogP contribution in [0.25, 0.3) is 0 Å². The molecule has 1 aliphatic heterocycles. The summed E-state index contributed by atoms with van der Waals surface area (Å²) in [6, 6.07) is 0. The van der Waals surface area contributed by atoms with Crippen molar-refractivity contribution in [3.05, 3.63) is 12.2 Å². The van der Waals surface area contributed by atoms with Crippen LogP contribution >= 0.6 is 0 Å². The maximum Gasteiger partial charge on any atom is 0.303 e. The second kappa shape index (κ2) is 4.07. The molecule has 1 heterocycles. The van der Waals surface area contributed by atoms with Gasteiger partial charge in [-0.05, 0) is 12.8 Å². The SMILES string of the molecule is CC(=O)O[C@H]1C[C@]23CC=CC[C@@]2(C[C@H]1OC(C)=O)O3. The van der Waals surface area contributed by atoms with Gasteiger partial charge in [-0.3, -0.25) is 9.59 Å². The average molecular weight is 266 g/mol. The number of hydrogen-bond donors (Lipinski definition) is 0. The van der Waals surface area contributed by atoms with Crippen molar-refractivity contribution < 1.29 is 23.8 Å². The summed E-state index contributed by atoms with van der Waals surface area (Å²) < 4.78 is 16.6. The van der Waals surface area contributed by atoms with Gasteiger partial charge in [0.2, 0.25) is 0 Å². The lowest BCUT2D eigenvalue weighted by molar-refractivity contribution is -0.170. The quantitative estimate of drug-likeness (QED) is 0.430. The summed E-state index contributed by atoms with van der Waals surface area (Å²) in [4.78, 5) is 22.4. The lowest BCUT2D eigenvalue weighted by Gasteiger charge is -2.36. The van der Waals surface area contributed by atoms with Crippen LogP contribution in [0.5, 0.6) is 0 Å². The van der Waals surface area contributed by atoms with Crippen LogP contribution in [-0.4, -0.2) is 35.3 Å². The predicted octanol–water partition coefficient (Wildman–Crippen LogP) is 1.50. The summed E-state index contributed by atoms with van der Waals surface area (Å²) in [7, 11) is 0. The zero-order valence-corrected chi connectivity index (χ0v) is 11.2. The second-order valence-corrected chi connectivity index (χ2v) is 5.67. The van der Waals surface area contributed by atoms with E-state index in [4.69, 9.17) is 14.2 Å². The highest BCUT2D eigenvalue weighted by molar-refractivity contribution is 5.67. The zero-order chi connectivity index (χ0) is 13.7. The van der Waals surface area contributed by atoms with E-state index in [1.165, 1.54) is 13.8 Å². The molecule has 4 atom stereocenters. The highest BCUT2D eigenvalue weighted by Gasteiger charge is 2.74. The molecule has 0 aromatic heterocycles. The number of carbonyl (C=O) groups excluding carboxylic acids is 2. The number of hydrogen-bond acceptors (Lipinski definition) is 5. The van der Waals surface area contributed by atoms with Crippen molar-refractivity contribution in [2.45, 2.75) is 62.9 Å². The molecule has 0 aromatic carbocycles. The monoisotopic (exact) mass is 266 g/mol. The van der Waals surface area contributed by atoms with Gasteiger partial charge >= 0.3 is 11.9 Å². The largest absolute Gasteiger partial charge is 0.458 e. The Morgan fingerprint density at radius 3 is 1.79 bits per heavy atom. The average Bonchev–Trinajstić information content (AvgIpc) is 2.95. The fraction of sp³-hybridized carbons (Fsp3) is 0.714. The van der Waals surface area contributed by atoms with Crippen LogP contribution in [0.3, 0.4) is 0 Å². The van der Waals surface area contributed by atoms with Crippen molar-refractivity contribution in [3.63, 3.8) is 0 Å². The summed E-state index contributed by atoms with van der Waals surface area (Å²) in [6.07, 6.45) is 6.33. The predicted molar refractivity (Wildman–Crippen MR) is 65.3 cm³/mol. The van der Waals surface area contributed by atoms with Gasteiger partial charge in [0, 0.05) is 26.7 Å². The van der Waals surface area contributed by atoms with Crippen molar-refractivity contribution in [1.29, 1.82) is 0 Å². The first kappa shape index (κ1) is 12.7. The molecule has 1 saturated heterocycles. The minimum absolute atomic E-state index is 0.210. The smallest absolute Gasteiger partial charge is 0.303 e. The lowest BCUT2D eigenvalue weighted by Crippen LogP contribution is -2.48.